The van der Waals surface area contributed by atoms with Crippen LogP contribution in [0.3, 0.4) is 0 Å². The Morgan fingerprint density at radius 3 is 2.72 bits per heavy atom. The smallest absolute Gasteiger partial charge is 0.302 e. The summed E-state index contributed by atoms with van der Waals surface area (Å²) >= 11 is 0. The van der Waals surface area contributed by atoms with Gasteiger partial charge >= 0.3 is 5.97 Å². The fourth-order valence-corrected chi connectivity index (χ4v) is 5.01. The molecule has 0 heterocycles. The summed E-state index contributed by atoms with van der Waals surface area (Å²) in [4.78, 5) is 11.5. The van der Waals surface area contributed by atoms with Gasteiger partial charge in [0.25, 0.3) is 0 Å². The molecule has 0 saturated heterocycles. The number of hydrogen-bond donors (Lipinski definition) is 0. The van der Waals surface area contributed by atoms with Crippen molar-refractivity contribution in [3.63, 3.8) is 0 Å². The molecule has 0 aromatic heterocycles. The van der Waals surface area contributed by atoms with Crippen LogP contribution in [0.15, 0.2) is 29.4 Å². The highest BCUT2D eigenvalue weighted by Gasteiger charge is 2.47. The largest absolute Gasteiger partial charge is 0.496 e. The average Bonchev–Trinajstić information content (AvgIpc) is 2.90. The maximum Gasteiger partial charge on any atom is 0.302 e. The quantitative estimate of drug-likeness (QED) is 0.729. The Kier molecular flexibility index (Phi) is 3.78. The summed E-state index contributed by atoms with van der Waals surface area (Å²) in [6, 6.07) is 4.51. The van der Waals surface area contributed by atoms with E-state index in [-0.39, 0.29) is 17.5 Å². The monoisotopic (exact) mass is 338 g/mol. The number of rotatable bonds is 2. The van der Waals surface area contributed by atoms with Crippen LogP contribution in [0.4, 0.5) is 0 Å². The summed E-state index contributed by atoms with van der Waals surface area (Å²) in [5, 5.41) is 0. The minimum Gasteiger partial charge on any atom is -0.496 e. The summed E-state index contributed by atoms with van der Waals surface area (Å²) in [5.41, 5.74) is 8.41. The van der Waals surface area contributed by atoms with Gasteiger partial charge in [0.05, 0.1) is 7.11 Å². The van der Waals surface area contributed by atoms with Crippen molar-refractivity contribution in [2.24, 2.45) is 5.41 Å². The van der Waals surface area contributed by atoms with Gasteiger partial charge in [0.15, 0.2) is 0 Å². The lowest BCUT2D eigenvalue weighted by Gasteiger charge is -2.41. The second-order valence-corrected chi connectivity index (χ2v) is 7.81. The molecule has 1 aromatic carbocycles. The summed E-state index contributed by atoms with van der Waals surface area (Å²) < 4.78 is 11.2. The van der Waals surface area contributed by atoms with Crippen LogP contribution in [0.2, 0.25) is 0 Å². The van der Waals surface area contributed by atoms with Crippen molar-refractivity contribution in [1.82, 2.24) is 0 Å². The predicted molar refractivity (Wildman–Crippen MR) is 98.6 cm³/mol. The third kappa shape index (κ3) is 2.44. The first kappa shape index (κ1) is 16.4. The third-order valence-electron chi connectivity index (χ3n) is 6.34. The van der Waals surface area contributed by atoms with Crippen LogP contribution in [-0.4, -0.2) is 19.2 Å². The van der Waals surface area contributed by atoms with Crippen LogP contribution in [0.5, 0.6) is 5.75 Å². The first-order valence-electron chi connectivity index (χ1n) is 9.22. The van der Waals surface area contributed by atoms with Crippen LogP contribution < -0.4 is 4.74 Å². The number of methoxy groups -OCH3 is 1. The Bertz CT molecular complexity index is 815. The molecule has 3 aliphatic rings. The van der Waals surface area contributed by atoms with Gasteiger partial charge in [-0.2, -0.15) is 0 Å². The van der Waals surface area contributed by atoms with Gasteiger partial charge in [-0.05, 0) is 78.1 Å². The van der Waals surface area contributed by atoms with Crippen LogP contribution in [0.1, 0.15) is 56.2 Å². The topological polar surface area (TPSA) is 35.5 Å². The molecule has 3 nitrogen and oxygen atoms in total. The zero-order valence-corrected chi connectivity index (χ0v) is 15.6. The standard InChI is InChI=1S/C22H26O3/c1-13-11-18-15(12-20(13)24-4)5-6-17-16(18)9-10-22(3)19(17)7-8-21(22)25-14(2)23/h7,11-12,21H,5-6,8-10H2,1-4H3/t21-,22-/m0/s1. The SMILES string of the molecule is COc1cc2c(cc1C)C1=C(CC2)C2=CC[C@H](OC(C)=O)[C@@]2(C)CC1. The summed E-state index contributed by atoms with van der Waals surface area (Å²) in [6.45, 7) is 5.91. The second-order valence-electron chi connectivity index (χ2n) is 7.81. The van der Waals surface area contributed by atoms with Gasteiger partial charge in [-0.1, -0.05) is 13.0 Å². The molecule has 0 N–H and O–H groups in total. The Hall–Kier alpha value is -2.03. The molecular weight excluding hydrogens is 312 g/mol. The number of fused-ring (bicyclic) bond motifs is 4. The first-order valence-corrected chi connectivity index (χ1v) is 9.22. The maximum atomic E-state index is 11.5. The Morgan fingerprint density at radius 2 is 2.00 bits per heavy atom. The van der Waals surface area contributed by atoms with Crippen molar-refractivity contribution >= 4 is 11.5 Å². The van der Waals surface area contributed by atoms with Crippen LogP contribution in [0, 0.1) is 12.3 Å². The van der Waals surface area contributed by atoms with E-state index in [1.54, 1.807) is 7.11 Å². The summed E-state index contributed by atoms with van der Waals surface area (Å²) in [5.74, 6) is 0.816. The summed E-state index contributed by atoms with van der Waals surface area (Å²) in [7, 11) is 1.74. The van der Waals surface area contributed by atoms with E-state index in [4.69, 9.17) is 9.47 Å². The fourth-order valence-electron chi connectivity index (χ4n) is 5.01. The number of carbonyl (C=O) groups excluding carboxylic acids is 1. The number of aryl methyl sites for hydroxylation is 2. The number of carbonyl (C=O) groups is 1. The molecule has 0 unspecified atom stereocenters. The van der Waals surface area contributed by atoms with Gasteiger partial charge in [0, 0.05) is 18.8 Å². The number of ether oxygens (including phenoxy) is 2. The van der Waals surface area contributed by atoms with E-state index < -0.39 is 0 Å². The van der Waals surface area contributed by atoms with Gasteiger partial charge in [0.2, 0.25) is 0 Å². The van der Waals surface area contributed by atoms with Crippen molar-refractivity contribution < 1.29 is 14.3 Å². The van der Waals surface area contributed by atoms with E-state index >= 15 is 0 Å². The molecular formula is C22H26O3. The van der Waals surface area contributed by atoms with E-state index in [1.165, 1.54) is 40.3 Å². The highest BCUT2D eigenvalue weighted by molar-refractivity contribution is 5.80. The zero-order chi connectivity index (χ0) is 17.8. The van der Waals surface area contributed by atoms with E-state index in [1.807, 2.05) is 0 Å². The molecule has 3 aliphatic carbocycles. The van der Waals surface area contributed by atoms with Gasteiger partial charge in [-0.15, -0.1) is 0 Å². The molecule has 0 amide bonds. The molecule has 25 heavy (non-hydrogen) atoms. The molecule has 0 aliphatic heterocycles. The molecule has 0 bridgehead atoms. The molecule has 132 valence electrons. The van der Waals surface area contributed by atoms with Crippen molar-refractivity contribution in [2.45, 2.75) is 59.0 Å². The highest BCUT2D eigenvalue weighted by atomic mass is 16.5. The molecule has 0 saturated carbocycles. The van der Waals surface area contributed by atoms with Gasteiger partial charge in [-0.25, -0.2) is 0 Å². The minimum absolute atomic E-state index is 0.00643. The average molecular weight is 338 g/mol. The molecule has 3 heteroatoms. The van der Waals surface area contributed by atoms with Crippen LogP contribution in [-0.2, 0) is 16.0 Å². The van der Waals surface area contributed by atoms with E-state index in [0.29, 0.717) is 0 Å². The second kappa shape index (κ2) is 5.76. The fraction of sp³-hybridized carbons (Fsp3) is 0.500. The van der Waals surface area contributed by atoms with Crippen molar-refractivity contribution in [3.05, 3.63) is 46.0 Å². The zero-order valence-electron chi connectivity index (χ0n) is 15.6. The molecule has 0 radical (unpaired) electrons. The van der Waals surface area contributed by atoms with E-state index in [0.717, 1.165) is 37.9 Å². The lowest BCUT2D eigenvalue weighted by Crippen LogP contribution is -2.36. The Balaban J connectivity index is 1.76. The third-order valence-corrected chi connectivity index (χ3v) is 6.34. The maximum absolute atomic E-state index is 11.5. The Labute approximate surface area is 149 Å². The van der Waals surface area contributed by atoms with E-state index in [9.17, 15) is 4.79 Å². The predicted octanol–water partition coefficient (Wildman–Crippen LogP) is 4.77. The number of esters is 1. The van der Waals surface area contributed by atoms with Crippen molar-refractivity contribution in [2.75, 3.05) is 7.11 Å². The number of allylic oxidation sites excluding steroid dienone is 2. The molecule has 1 aromatic rings. The Morgan fingerprint density at radius 1 is 1.20 bits per heavy atom. The molecule has 0 spiro atoms. The van der Waals surface area contributed by atoms with Crippen molar-refractivity contribution in [3.8, 4) is 5.75 Å². The van der Waals surface area contributed by atoms with E-state index in [2.05, 4.69) is 32.1 Å². The van der Waals surface area contributed by atoms with Crippen molar-refractivity contribution in [1.29, 1.82) is 0 Å². The highest BCUT2D eigenvalue weighted by Crippen LogP contribution is 2.56. The molecule has 4 rings (SSSR count). The molecule has 0 fully saturated rings. The lowest BCUT2D eigenvalue weighted by molar-refractivity contribution is -0.150. The number of benzene rings is 1. The normalized spacial score (nSPS) is 27.2. The molecule has 2 atom stereocenters. The first-order chi connectivity index (χ1) is 11.9. The van der Waals surface area contributed by atoms with Gasteiger partial charge < -0.3 is 9.47 Å². The van der Waals surface area contributed by atoms with Gasteiger partial charge in [-0.3, -0.25) is 4.79 Å². The van der Waals surface area contributed by atoms with Crippen LogP contribution in [0.25, 0.3) is 5.57 Å². The lowest BCUT2D eigenvalue weighted by atomic mass is 9.65. The number of hydrogen-bond acceptors (Lipinski definition) is 3. The van der Waals surface area contributed by atoms with Crippen LogP contribution >= 0.6 is 0 Å². The van der Waals surface area contributed by atoms with Gasteiger partial charge in [0.1, 0.15) is 11.9 Å². The minimum atomic E-state index is -0.169. The summed E-state index contributed by atoms with van der Waals surface area (Å²) in [6.07, 6.45) is 7.38.